The summed E-state index contributed by atoms with van der Waals surface area (Å²) in [6, 6.07) is 15.5. The lowest BCUT2D eigenvalue weighted by atomic mass is 10.0. The molecule has 0 aliphatic rings. The Morgan fingerprint density at radius 3 is 1.60 bits per heavy atom. The Morgan fingerprint density at radius 1 is 0.514 bits per heavy atom. The second kappa shape index (κ2) is 21.4. The first kappa shape index (κ1) is 29.3. The lowest BCUT2D eigenvalue weighted by molar-refractivity contribution is -0.697. The Hall–Kier alpha value is -1.89. The van der Waals surface area contributed by atoms with Crippen molar-refractivity contribution < 1.29 is 4.57 Å². The van der Waals surface area contributed by atoms with Crippen LogP contribution in [0.5, 0.6) is 0 Å². The maximum Gasteiger partial charge on any atom is 0.169 e. The van der Waals surface area contributed by atoms with E-state index in [2.05, 4.69) is 78.5 Å². The molecule has 0 saturated heterocycles. The van der Waals surface area contributed by atoms with Crippen molar-refractivity contribution in [2.45, 2.75) is 135 Å². The highest BCUT2D eigenvalue weighted by molar-refractivity contribution is 5.14. The first-order chi connectivity index (χ1) is 17.4. The monoisotopic (exact) mass is 476 g/mol. The number of unbranched alkanes of at least 4 members (excludes halogenated alkanes) is 14. The fourth-order valence-electron chi connectivity index (χ4n) is 4.83. The second-order valence-corrected chi connectivity index (χ2v) is 10.4. The van der Waals surface area contributed by atoms with Crippen molar-refractivity contribution in [2.75, 3.05) is 0 Å². The smallest absolute Gasteiger partial charge is 0.169 e. The zero-order chi connectivity index (χ0) is 24.7. The van der Waals surface area contributed by atoms with Crippen LogP contribution in [0.25, 0.3) is 0 Å². The Labute approximate surface area is 218 Å². The number of aryl methyl sites for hydroxylation is 3. The van der Waals surface area contributed by atoms with Gasteiger partial charge in [0.05, 0.1) is 0 Å². The van der Waals surface area contributed by atoms with Gasteiger partial charge in [-0.2, -0.15) is 0 Å². The van der Waals surface area contributed by atoms with Gasteiger partial charge in [-0.25, -0.2) is 4.57 Å². The molecular formula is C34H54N+. The van der Waals surface area contributed by atoms with Gasteiger partial charge >= 0.3 is 0 Å². The minimum atomic E-state index is 1.13. The van der Waals surface area contributed by atoms with E-state index in [1.165, 1.54) is 133 Å². The van der Waals surface area contributed by atoms with E-state index in [0.29, 0.717) is 0 Å². The maximum absolute atomic E-state index is 2.43. The molecule has 35 heavy (non-hydrogen) atoms. The van der Waals surface area contributed by atoms with Crippen molar-refractivity contribution in [3.8, 4) is 0 Å². The molecule has 0 amide bonds. The SMILES string of the molecule is CCCCCCCC/C=C\CCCCCCCCCc1cc[n+](CCCCc2ccccc2)cc1. The molecule has 0 fully saturated rings. The van der Waals surface area contributed by atoms with Crippen LogP contribution in [0.4, 0.5) is 0 Å². The molecule has 1 heteroatoms. The number of hydrogen-bond donors (Lipinski definition) is 0. The number of nitrogens with zero attached hydrogens (tertiary/aromatic N) is 1. The van der Waals surface area contributed by atoms with Gasteiger partial charge in [0.1, 0.15) is 6.54 Å². The third kappa shape index (κ3) is 16.4. The lowest BCUT2D eigenvalue weighted by Crippen LogP contribution is -2.32. The van der Waals surface area contributed by atoms with Gasteiger partial charge in [0, 0.05) is 18.6 Å². The van der Waals surface area contributed by atoms with E-state index in [9.17, 15) is 0 Å². The van der Waals surface area contributed by atoms with Gasteiger partial charge in [0.15, 0.2) is 12.4 Å². The summed E-state index contributed by atoms with van der Waals surface area (Å²) >= 11 is 0. The van der Waals surface area contributed by atoms with Crippen molar-refractivity contribution in [3.05, 3.63) is 78.1 Å². The van der Waals surface area contributed by atoms with E-state index < -0.39 is 0 Å². The van der Waals surface area contributed by atoms with Gasteiger partial charge in [0.2, 0.25) is 0 Å². The largest absolute Gasteiger partial charge is 0.205 e. The average Bonchev–Trinajstić information content (AvgIpc) is 2.90. The predicted octanol–water partition coefficient (Wildman–Crippen LogP) is 9.97. The van der Waals surface area contributed by atoms with Crippen molar-refractivity contribution in [3.63, 3.8) is 0 Å². The minimum absolute atomic E-state index is 1.13. The molecule has 0 bridgehead atoms. The average molecular weight is 477 g/mol. The number of rotatable bonds is 22. The minimum Gasteiger partial charge on any atom is -0.205 e. The first-order valence-electron chi connectivity index (χ1n) is 15.1. The van der Waals surface area contributed by atoms with E-state index in [4.69, 9.17) is 0 Å². The lowest BCUT2D eigenvalue weighted by Gasteiger charge is -2.03. The zero-order valence-corrected chi connectivity index (χ0v) is 22.9. The number of aromatic nitrogens is 1. The molecule has 0 N–H and O–H groups in total. The highest BCUT2D eigenvalue weighted by Crippen LogP contribution is 2.12. The van der Waals surface area contributed by atoms with Crippen LogP contribution in [0, 0.1) is 0 Å². The summed E-state index contributed by atoms with van der Waals surface area (Å²) in [6.07, 6.45) is 35.1. The molecule has 1 heterocycles. The van der Waals surface area contributed by atoms with Gasteiger partial charge in [-0.05, 0) is 62.5 Å². The highest BCUT2D eigenvalue weighted by atomic mass is 14.9. The van der Waals surface area contributed by atoms with Gasteiger partial charge in [-0.3, -0.25) is 0 Å². The van der Waals surface area contributed by atoms with Crippen LogP contribution in [-0.2, 0) is 19.4 Å². The van der Waals surface area contributed by atoms with Crippen LogP contribution in [0.1, 0.15) is 127 Å². The predicted molar refractivity (Wildman–Crippen MR) is 154 cm³/mol. The fourth-order valence-corrected chi connectivity index (χ4v) is 4.83. The van der Waals surface area contributed by atoms with Crippen molar-refractivity contribution in [1.82, 2.24) is 0 Å². The summed E-state index contributed by atoms with van der Waals surface area (Å²) in [5, 5.41) is 0. The molecule has 0 atom stereocenters. The van der Waals surface area contributed by atoms with Crippen LogP contribution in [0.15, 0.2) is 67.0 Å². The molecule has 0 unspecified atom stereocenters. The summed E-state index contributed by atoms with van der Waals surface area (Å²) in [7, 11) is 0. The van der Waals surface area contributed by atoms with Crippen molar-refractivity contribution >= 4 is 0 Å². The maximum atomic E-state index is 2.43. The summed E-state index contributed by atoms with van der Waals surface area (Å²) in [4.78, 5) is 0. The summed E-state index contributed by atoms with van der Waals surface area (Å²) in [5.74, 6) is 0. The molecule has 0 spiro atoms. The van der Waals surface area contributed by atoms with Gasteiger partial charge in [-0.15, -0.1) is 0 Å². The molecule has 0 saturated carbocycles. The molecule has 2 rings (SSSR count). The van der Waals surface area contributed by atoms with Crippen LogP contribution >= 0.6 is 0 Å². The Kier molecular flexibility index (Phi) is 17.9. The number of pyridine rings is 1. The number of hydrogen-bond acceptors (Lipinski definition) is 0. The third-order valence-electron chi connectivity index (χ3n) is 7.16. The molecule has 0 radical (unpaired) electrons. The summed E-state index contributed by atoms with van der Waals surface area (Å²) < 4.78 is 2.35. The Bertz CT molecular complexity index is 731. The Morgan fingerprint density at radius 2 is 1.00 bits per heavy atom. The Balaban J connectivity index is 1.36. The summed E-state index contributed by atoms with van der Waals surface area (Å²) in [5.41, 5.74) is 2.96. The van der Waals surface area contributed by atoms with Gasteiger partial charge in [-0.1, -0.05) is 114 Å². The summed E-state index contributed by atoms with van der Waals surface area (Å²) in [6.45, 7) is 3.42. The van der Waals surface area contributed by atoms with Crippen LogP contribution in [0.2, 0.25) is 0 Å². The molecule has 1 nitrogen and oxygen atoms in total. The normalized spacial score (nSPS) is 11.5. The fraction of sp³-hybridized carbons (Fsp3) is 0.618. The van der Waals surface area contributed by atoms with Crippen molar-refractivity contribution in [2.24, 2.45) is 0 Å². The molecule has 2 aromatic rings. The van der Waals surface area contributed by atoms with Crippen LogP contribution in [-0.4, -0.2) is 0 Å². The highest BCUT2D eigenvalue weighted by Gasteiger charge is 2.02. The third-order valence-corrected chi connectivity index (χ3v) is 7.16. The van der Waals surface area contributed by atoms with E-state index in [-0.39, 0.29) is 0 Å². The van der Waals surface area contributed by atoms with Crippen molar-refractivity contribution in [1.29, 1.82) is 0 Å². The molecule has 194 valence electrons. The molecule has 0 aliphatic heterocycles. The topological polar surface area (TPSA) is 3.88 Å². The number of allylic oxidation sites excluding steroid dienone is 2. The van der Waals surface area contributed by atoms with Crippen LogP contribution in [0.3, 0.4) is 0 Å². The van der Waals surface area contributed by atoms with Gasteiger partial charge < -0.3 is 0 Å². The molecule has 1 aromatic carbocycles. The van der Waals surface area contributed by atoms with E-state index in [0.717, 1.165) is 6.54 Å². The van der Waals surface area contributed by atoms with E-state index in [1.807, 2.05) is 0 Å². The zero-order valence-electron chi connectivity index (χ0n) is 22.9. The first-order valence-corrected chi connectivity index (χ1v) is 15.1. The molecule has 0 aliphatic carbocycles. The quantitative estimate of drug-likeness (QED) is 0.0904. The van der Waals surface area contributed by atoms with Gasteiger partial charge in [0.25, 0.3) is 0 Å². The van der Waals surface area contributed by atoms with Crippen LogP contribution < -0.4 is 4.57 Å². The number of benzene rings is 1. The van der Waals surface area contributed by atoms with E-state index in [1.54, 1.807) is 0 Å². The molecule has 1 aromatic heterocycles. The standard InChI is InChI=1S/C34H54N/c1-2-3-4-5-6-7-8-9-10-11-12-13-14-15-16-17-19-26-34-28-31-35(32-29-34)30-23-22-27-33-24-20-18-21-25-33/h9-10,18,20-21,24-25,28-29,31-32H,2-8,11-17,19,22-23,26-27,30H2,1H3/q+1/b10-9-. The second-order valence-electron chi connectivity index (χ2n) is 10.4. The molecular weight excluding hydrogens is 422 g/mol. The van der Waals surface area contributed by atoms with E-state index >= 15 is 0 Å².